The maximum atomic E-state index is 12.6. The molecule has 0 fully saturated rings. The van der Waals surface area contributed by atoms with Crippen molar-refractivity contribution in [2.24, 2.45) is 0 Å². The van der Waals surface area contributed by atoms with E-state index in [2.05, 4.69) is 21.2 Å². The molecule has 0 aliphatic heterocycles. The van der Waals surface area contributed by atoms with Crippen molar-refractivity contribution in [2.75, 3.05) is 0 Å². The maximum Gasteiger partial charge on any atom is 0.352 e. The summed E-state index contributed by atoms with van der Waals surface area (Å²) in [6.45, 7) is 0. The summed E-state index contributed by atoms with van der Waals surface area (Å²) in [5.41, 5.74) is 0.412. The van der Waals surface area contributed by atoms with E-state index in [-0.39, 0.29) is 5.70 Å². The number of carboxylic acids is 1. The van der Waals surface area contributed by atoms with E-state index in [1.165, 1.54) is 17.4 Å². The molecule has 0 aliphatic carbocycles. The first kappa shape index (κ1) is 20.8. The number of benzene rings is 3. The Kier molecular flexibility index (Phi) is 6.16. The normalized spacial score (nSPS) is 11.3. The molecule has 0 bridgehead atoms. The van der Waals surface area contributed by atoms with Crippen molar-refractivity contribution in [3.8, 4) is 11.5 Å². The van der Waals surface area contributed by atoms with Crippen LogP contribution in [-0.2, 0) is 4.79 Å². The maximum absolute atomic E-state index is 12.6. The zero-order valence-electron chi connectivity index (χ0n) is 16.0. The van der Waals surface area contributed by atoms with Crippen LogP contribution in [-0.4, -0.2) is 17.0 Å². The van der Waals surface area contributed by atoms with Crippen LogP contribution < -0.4 is 10.1 Å². The van der Waals surface area contributed by atoms with Crippen LogP contribution in [0.4, 0.5) is 0 Å². The van der Waals surface area contributed by atoms with E-state index in [1.807, 2.05) is 48.5 Å². The minimum atomic E-state index is -1.22. The summed E-state index contributed by atoms with van der Waals surface area (Å²) in [5, 5.41) is 13.0. The zero-order valence-corrected chi connectivity index (χ0v) is 18.4. The molecule has 4 aromatic rings. The van der Waals surface area contributed by atoms with E-state index in [0.29, 0.717) is 21.9 Å². The number of nitrogens with one attached hydrogen (secondary N) is 1. The number of amides is 1. The van der Waals surface area contributed by atoms with Gasteiger partial charge in [-0.25, -0.2) is 4.79 Å². The van der Waals surface area contributed by atoms with Crippen LogP contribution in [0.2, 0.25) is 0 Å². The Bertz CT molecular complexity index is 1260. The molecule has 7 heteroatoms. The molecule has 5 nitrogen and oxygen atoms in total. The van der Waals surface area contributed by atoms with Gasteiger partial charge in [-0.2, -0.15) is 0 Å². The van der Waals surface area contributed by atoms with E-state index in [1.54, 1.807) is 30.3 Å². The van der Waals surface area contributed by atoms with Gasteiger partial charge in [0.05, 0.1) is 9.35 Å². The molecule has 1 aromatic heterocycles. The number of fused-ring (bicyclic) bond motifs is 1. The van der Waals surface area contributed by atoms with Gasteiger partial charge in [0, 0.05) is 4.70 Å². The van der Waals surface area contributed by atoms with Crippen LogP contribution in [0.3, 0.4) is 0 Å². The smallest absolute Gasteiger partial charge is 0.352 e. The molecule has 154 valence electrons. The van der Waals surface area contributed by atoms with Crippen LogP contribution in [0.1, 0.15) is 15.2 Å². The van der Waals surface area contributed by atoms with Crippen LogP contribution >= 0.6 is 27.3 Å². The molecule has 0 spiro atoms. The second kappa shape index (κ2) is 9.16. The number of thiophene rings is 1. The van der Waals surface area contributed by atoms with Crippen molar-refractivity contribution in [3.63, 3.8) is 0 Å². The molecule has 0 atom stereocenters. The summed E-state index contributed by atoms with van der Waals surface area (Å²) in [4.78, 5) is 24.7. The lowest BCUT2D eigenvalue weighted by molar-refractivity contribution is -0.132. The molecule has 0 unspecified atom stereocenters. The molecule has 31 heavy (non-hydrogen) atoms. The molecule has 0 saturated heterocycles. The average molecular weight is 494 g/mol. The van der Waals surface area contributed by atoms with Gasteiger partial charge in [0.2, 0.25) is 0 Å². The Hall–Kier alpha value is -3.42. The number of carboxylic acid groups (broad SMARTS) is 1. The van der Waals surface area contributed by atoms with Crippen molar-refractivity contribution in [2.45, 2.75) is 0 Å². The predicted octanol–water partition coefficient (Wildman–Crippen LogP) is 6.31. The van der Waals surface area contributed by atoms with E-state index < -0.39 is 11.9 Å². The van der Waals surface area contributed by atoms with Gasteiger partial charge in [-0.15, -0.1) is 11.3 Å². The summed E-state index contributed by atoms with van der Waals surface area (Å²) < 4.78 is 7.61. The number of ether oxygens (including phenoxy) is 1. The van der Waals surface area contributed by atoms with E-state index >= 15 is 0 Å². The Morgan fingerprint density at radius 2 is 1.68 bits per heavy atom. The van der Waals surface area contributed by atoms with Crippen LogP contribution in [0, 0.1) is 0 Å². The third-order valence-electron chi connectivity index (χ3n) is 4.38. The van der Waals surface area contributed by atoms with Crippen molar-refractivity contribution in [3.05, 3.63) is 99.5 Å². The number of carbonyl (C=O) groups excluding carboxylic acids is 1. The number of rotatable bonds is 6. The number of hydrogen-bond acceptors (Lipinski definition) is 4. The zero-order chi connectivity index (χ0) is 21.8. The molecular weight excluding hydrogens is 478 g/mol. The number of para-hydroxylation sites is 1. The summed E-state index contributed by atoms with van der Waals surface area (Å²) in [6, 6.07) is 23.8. The molecule has 1 heterocycles. The number of aliphatic carboxylic acids is 1. The van der Waals surface area contributed by atoms with Crippen molar-refractivity contribution in [1.29, 1.82) is 0 Å². The molecule has 1 amide bonds. The topological polar surface area (TPSA) is 75.6 Å². The molecule has 0 radical (unpaired) electrons. The summed E-state index contributed by atoms with van der Waals surface area (Å²) in [6.07, 6.45) is 1.41. The SMILES string of the molecule is O=C(O)/C(=C/c1ccc(Oc2ccccc2Br)cc1)NC(=O)c1cc2ccccc2s1. The van der Waals surface area contributed by atoms with Crippen LogP contribution in [0.25, 0.3) is 16.2 Å². The van der Waals surface area contributed by atoms with Gasteiger partial charge in [-0.05, 0) is 69.4 Å². The second-order valence-electron chi connectivity index (χ2n) is 6.57. The largest absolute Gasteiger partial charge is 0.477 e. The molecule has 0 aliphatic rings. The van der Waals surface area contributed by atoms with Gasteiger partial charge in [-0.1, -0.05) is 42.5 Å². The molecule has 4 rings (SSSR count). The lowest BCUT2D eigenvalue weighted by Gasteiger charge is -2.08. The highest BCUT2D eigenvalue weighted by Crippen LogP contribution is 2.29. The second-order valence-corrected chi connectivity index (χ2v) is 8.51. The third-order valence-corrected chi connectivity index (χ3v) is 6.15. The molecule has 3 aromatic carbocycles. The Morgan fingerprint density at radius 1 is 0.968 bits per heavy atom. The van der Waals surface area contributed by atoms with E-state index in [9.17, 15) is 14.7 Å². The van der Waals surface area contributed by atoms with E-state index in [4.69, 9.17) is 4.74 Å². The fourth-order valence-corrected chi connectivity index (χ4v) is 4.21. The van der Waals surface area contributed by atoms with Gasteiger partial charge < -0.3 is 15.2 Å². The predicted molar refractivity (Wildman–Crippen MR) is 126 cm³/mol. The molecule has 2 N–H and O–H groups in total. The Morgan fingerprint density at radius 3 is 2.39 bits per heavy atom. The highest BCUT2D eigenvalue weighted by molar-refractivity contribution is 9.10. The number of hydrogen-bond donors (Lipinski definition) is 2. The first-order valence-corrected chi connectivity index (χ1v) is 10.9. The first-order chi connectivity index (χ1) is 15.0. The van der Waals surface area contributed by atoms with Crippen LogP contribution in [0.5, 0.6) is 11.5 Å². The summed E-state index contributed by atoms with van der Waals surface area (Å²) in [7, 11) is 0. The Labute approximate surface area is 190 Å². The van der Waals surface area contributed by atoms with Gasteiger partial charge in [-0.3, -0.25) is 4.79 Å². The lowest BCUT2D eigenvalue weighted by Crippen LogP contribution is -2.26. The average Bonchev–Trinajstić information content (AvgIpc) is 3.20. The summed E-state index contributed by atoms with van der Waals surface area (Å²) in [5.74, 6) is -0.394. The first-order valence-electron chi connectivity index (χ1n) is 9.27. The minimum absolute atomic E-state index is 0.207. The third kappa shape index (κ3) is 5.02. The monoisotopic (exact) mass is 493 g/mol. The molecular formula is C24H16BrNO4S. The van der Waals surface area contributed by atoms with Gasteiger partial charge in [0.25, 0.3) is 5.91 Å². The number of carbonyl (C=O) groups is 2. The Balaban J connectivity index is 1.51. The van der Waals surface area contributed by atoms with Gasteiger partial charge in [0.15, 0.2) is 0 Å². The fourth-order valence-electron chi connectivity index (χ4n) is 2.88. The fraction of sp³-hybridized carbons (Fsp3) is 0. The summed E-state index contributed by atoms with van der Waals surface area (Å²) >= 11 is 4.75. The van der Waals surface area contributed by atoms with Crippen molar-refractivity contribution >= 4 is 55.3 Å². The number of halogens is 1. The van der Waals surface area contributed by atoms with Crippen molar-refractivity contribution in [1.82, 2.24) is 5.32 Å². The van der Waals surface area contributed by atoms with Crippen LogP contribution in [0.15, 0.2) is 89.0 Å². The lowest BCUT2D eigenvalue weighted by atomic mass is 10.2. The van der Waals surface area contributed by atoms with E-state index in [0.717, 1.165) is 14.6 Å². The van der Waals surface area contributed by atoms with Crippen molar-refractivity contribution < 1.29 is 19.4 Å². The highest BCUT2D eigenvalue weighted by Gasteiger charge is 2.15. The highest BCUT2D eigenvalue weighted by atomic mass is 79.9. The standard InChI is InChI=1S/C24H16BrNO4S/c25-18-6-2-3-7-20(18)30-17-11-9-15(10-12-17)13-19(24(28)29)26-23(27)22-14-16-5-1-4-8-21(16)31-22/h1-14H,(H,26,27)(H,28,29)/b19-13-. The van der Waals surface area contributed by atoms with Gasteiger partial charge in [0.1, 0.15) is 17.2 Å². The quantitative estimate of drug-likeness (QED) is 0.308. The minimum Gasteiger partial charge on any atom is -0.477 e. The van der Waals surface area contributed by atoms with Gasteiger partial charge >= 0.3 is 5.97 Å². The molecule has 0 saturated carbocycles.